The normalized spacial score (nSPS) is 10.2. The molecule has 1 aromatic heterocycles. The van der Waals surface area contributed by atoms with Crippen molar-refractivity contribution < 1.29 is 19.0 Å². The first-order valence-electron chi connectivity index (χ1n) is 5.35. The maximum atomic E-state index is 13.2. The fourth-order valence-electron chi connectivity index (χ4n) is 1.46. The number of aliphatic carboxylic acids is 1. The van der Waals surface area contributed by atoms with Crippen molar-refractivity contribution in [2.75, 3.05) is 12.4 Å². The number of ether oxygens (including phenoxy) is 1. The molecule has 2 N–H and O–H groups in total. The maximum Gasteiger partial charge on any atom is 0.309 e. The molecule has 0 radical (unpaired) electrons. The molecule has 0 saturated carbocycles. The molecule has 7 heteroatoms. The quantitative estimate of drug-likeness (QED) is 0.882. The number of carboxylic acid groups (broad SMARTS) is 1. The highest BCUT2D eigenvalue weighted by atomic mass is 32.1. The summed E-state index contributed by atoms with van der Waals surface area (Å²) in [5, 5.41) is 13.8. The highest BCUT2D eigenvalue weighted by Crippen LogP contribution is 2.26. The number of nitrogens with zero attached hydrogens (tertiary/aromatic N) is 1. The second-order valence-corrected chi connectivity index (χ2v) is 4.55. The van der Waals surface area contributed by atoms with Gasteiger partial charge in [0.15, 0.2) is 16.7 Å². The minimum absolute atomic E-state index is 0.120. The van der Waals surface area contributed by atoms with Gasteiger partial charge in [-0.3, -0.25) is 4.79 Å². The van der Waals surface area contributed by atoms with Crippen molar-refractivity contribution in [2.24, 2.45) is 0 Å². The second kappa shape index (κ2) is 5.66. The fourth-order valence-corrected chi connectivity index (χ4v) is 2.19. The molecular weight excluding hydrogens is 271 g/mol. The summed E-state index contributed by atoms with van der Waals surface area (Å²) in [6.45, 7) is 0. The number of methoxy groups -OCH3 is 1. The number of hydrogen-bond acceptors (Lipinski definition) is 5. The molecular formula is C12H11FN2O3S. The minimum Gasteiger partial charge on any atom is -0.494 e. The van der Waals surface area contributed by atoms with Crippen molar-refractivity contribution in [3.63, 3.8) is 0 Å². The number of carbonyl (C=O) groups is 1. The van der Waals surface area contributed by atoms with Gasteiger partial charge in [0.1, 0.15) is 0 Å². The molecule has 2 rings (SSSR count). The van der Waals surface area contributed by atoms with Crippen molar-refractivity contribution in [1.82, 2.24) is 4.98 Å². The summed E-state index contributed by atoms with van der Waals surface area (Å²) in [6.07, 6.45) is -0.120. The Hall–Kier alpha value is -2.15. The number of nitrogens with one attached hydrogen (secondary N) is 1. The van der Waals surface area contributed by atoms with E-state index in [-0.39, 0.29) is 12.2 Å². The number of aromatic nitrogens is 1. The predicted molar refractivity (Wildman–Crippen MR) is 69.7 cm³/mol. The molecule has 0 saturated heterocycles. The van der Waals surface area contributed by atoms with E-state index in [2.05, 4.69) is 10.3 Å². The summed E-state index contributed by atoms with van der Waals surface area (Å²) in [6, 6.07) is 4.34. The zero-order valence-corrected chi connectivity index (χ0v) is 10.8. The maximum absolute atomic E-state index is 13.2. The number of rotatable bonds is 5. The Labute approximate surface area is 112 Å². The Morgan fingerprint density at radius 3 is 3.05 bits per heavy atom. The van der Waals surface area contributed by atoms with Gasteiger partial charge in [-0.25, -0.2) is 9.37 Å². The standard InChI is InChI=1S/C12H11FN2O3S/c1-18-10-4-7(2-3-9(10)13)14-12-15-8(6-19-12)5-11(16)17/h2-4,6H,5H2,1H3,(H,14,15)(H,16,17). The van der Waals surface area contributed by atoms with E-state index < -0.39 is 11.8 Å². The van der Waals surface area contributed by atoms with Crippen LogP contribution in [0, 0.1) is 5.82 Å². The van der Waals surface area contributed by atoms with Crippen LogP contribution in [0.5, 0.6) is 5.75 Å². The van der Waals surface area contributed by atoms with Gasteiger partial charge in [0.05, 0.1) is 19.2 Å². The molecule has 1 aromatic carbocycles. The minimum atomic E-state index is -0.930. The molecule has 0 aliphatic heterocycles. The first-order chi connectivity index (χ1) is 9.08. The van der Waals surface area contributed by atoms with E-state index in [1.807, 2.05) is 0 Å². The number of carboxylic acids is 1. The number of benzene rings is 1. The molecule has 5 nitrogen and oxygen atoms in total. The van der Waals surface area contributed by atoms with E-state index in [9.17, 15) is 9.18 Å². The lowest BCUT2D eigenvalue weighted by atomic mass is 10.3. The van der Waals surface area contributed by atoms with Gasteiger partial charge < -0.3 is 15.2 Å². The molecule has 0 bridgehead atoms. The van der Waals surface area contributed by atoms with Crippen LogP contribution in [0.15, 0.2) is 23.6 Å². The topological polar surface area (TPSA) is 71.5 Å². The molecule has 0 spiro atoms. The van der Waals surface area contributed by atoms with Gasteiger partial charge in [-0.05, 0) is 12.1 Å². The summed E-state index contributed by atoms with van der Waals surface area (Å²) >= 11 is 1.28. The fraction of sp³-hybridized carbons (Fsp3) is 0.167. The van der Waals surface area contributed by atoms with E-state index in [4.69, 9.17) is 9.84 Å². The highest BCUT2D eigenvalue weighted by molar-refractivity contribution is 7.13. The van der Waals surface area contributed by atoms with Gasteiger partial charge in [0, 0.05) is 17.1 Å². The molecule has 100 valence electrons. The molecule has 0 amide bonds. The average molecular weight is 282 g/mol. The lowest BCUT2D eigenvalue weighted by Crippen LogP contribution is -2.00. The van der Waals surface area contributed by atoms with Crippen LogP contribution in [0.2, 0.25) is 0 Å². The van der Waals surface area contributed by atoms with Crippen molar-refractivity contribution in [2.45, 2.75) is 6.42 Å². The van der Waals surface area contributed by atoms with E-state index in [0.29, 0.717) is 16.5 Å². The van der Waals surface area contributed by atoms with Crippen molar-refractivity contribution >= 4 is 28.1 Å². The van der Waals surface area contributed by atoms with Crippen molar-refractivity contribution in [3.05, 3.63) is 35.1 Å². The molecule has 0 aliphatic carbocycles. The molecule has 0 unspecified atom stereocenters. The lowest BCUT2D eigenvalue weighted by Gasteiger charge is -2.06. The SMILES string of the molecule is COc1cc(Nc2nc(CC(=O)O)cs2)ccc1F. The largest absolute Gasteiger partial charge is 0.494 e. The van der Waals surface area contributed by atoms with Crippen LogP contribution in [-0.4, -0.2) is 23.2 Å². The first kappa shape index (κ1) is 13.3. The first-order valence-corrected chi connectivity index (χ1v) is 6.23. The lowest BCUT2D eigenvalue weighted by molar-refractivity contribution is -0.136. The van der Waals surface area contributed by atoms with Crippen molar-refractivity contribution in [1.29, 1.82) is 0 Å². The van der Waals surface area contributed by atoms with E-state index >= 15 is 0 Å². The Balaban J connectivity index is 2.12. The molecule has 0 aliphatic rings. The second-order valence-electron chi connectivity index (χ2n) is 3.69. The summed E-state index contributed by atoms with van der Waals surface area (Å²) in [5.74, 6) is -1.24. The van der Waals surface area contributed by atoms with Gasteiger partial charge in [0.25, 0.3) is 0 Å². The van der Waals surface area contributed by atoms with E-state index in [0.717, 1.165) is 0 Å². The number of halogens is 1. The summed E-state index contributed by atoms with van der Waals surface area (Å²) in [7, 11) is 1.39. The highest BCUT2D eigenvalue weighted by Gasteiger charge is 2.08. The smallest absolute Gasteiger partial charge is 0.309 e. The summed E-state index contributed by atoms with van der Waals surface area (Å²) in [4.78, 5) is 14.7. The predicted octanol–water partition coefficient (Wildman–Crippen LogP) is 2.66. The van der Waals surface area contributed by atoms with Crippen LogP contribution >= 0.6 is 11.3 Å². The third-order valence-corrected chi connectivity index (χ3v) is 3.09. The van der Waals surface area contributed by atoms with Crippen LogP contribution in [0.25, 0.3) is 0 Å². The molecule has 19 heavy (non-hydrogen) atoms. The third kappa shape index (κ3) is 3.41. The van der Waals surface area contributed by atoms with Gasteiger partial charge in [-0.2, -0.15) is 0 Å². The van der Waals surface area contributed by atoms with Crippen LogP contribution in [0.3, 0.4) is 0 Å². The zero-order valence-electron chi connectivity index (χ0n) is 10.0. The van der Waals surface area contributed by atoms with E-state index in [1.54, 1.807) is 11.4 Å². The summed E-state index contributed by atoms with van der Waals surface area (Å²) < 4.78 is 18.1. The van der Waals surface area contributed by atoms with Crippen LogP contribution in [-0.2, 0) is 11.2 Å². The Morgan fingerprint density at radius 1 is 1.58 bits per heavy atom. The monoisotopic (exact) mass is 282 g/mol. The van der Waals surface area contributed by atoms with Gasteiger partial charge >= 0.3 is 5.97 Å². The van der Waals surface area contributed by atoms with Crippen molar-refractivity contribution in [3.8, 4) is 5.75 Å². The van der Waals surface area contributed by atoms with Crippen LogP contribution in [0.4, 0.5) is 15.2 Å². The number of thiazole rings is 1. The Kier molecular flexibility index (Phi) is 3.96. The van der Waals surface area contributed by atoms with Gasteiger partial charge in [-0.1, -0.05) is 0 Å². The van der Waals surface area contributed by atoms with Crippen LogP contribution < -0.4 is 10.1 Å². The van der Waals surface area contributed by atoms with Crippen LogP contribution in [0.1, 0.15) is 5.69 Å². The zero-order chi connectivity index (χ0) is 13.8. The molecule has 1 heterocycles. The molecule has 0 atom stereocenters. The van der Waals surface area contributed by atoms with E-state index in [1.165, 1.54) is 30.6 Å². The van der Waals surface area contributed by atoms with Gasteiger partial charge in [-0.15, -0.1) is 11.3 Å². The van der Waals surface area contributed by atoms with Gasteiger partial charge in [0.2, 0.25) is 0 Å². The molecule has 2 aromatic rings. The average Bonchev–Trinajstić information content (AvgIpc) is 2.78. The molecule has 0 fully saturated rings. The Morgan fingerprint density at radius 2 is 2.37 bits per heavy atom. The number of hydrogen-bond donors (Lipinski definition) is 2. The number of anilines is 2. The Bertz CT molecular complexity index is 600. The summed E-state index contributed by atoms with van der Waals surface area (Å²) in [5.41, 5.74) is 1.10. The third-order valence-electron chi connectivity index (χ3n) is 2.29.